The Labute approximate surface area is 214 Å². The lowest BCUT2D eigenvalue weighted by Gasteiger charge is -2.27. The molecule has 1 atom stereocenters. The summed E-state index contributed by atoms with van der Waals surface area (Å²) in [5.74, 6) is -0.880. The standard InChI is InChI=1S/C27H30FN5O4/c1-4-21-20(13-37-32-21)26(34)31-24(23(16-5-6-16)17-7-8-17)27(35)30-22-10-9-18(25(28)29-22)19-11-14(2)12-33(36)15(19)3/h9-13,16-17,23-24H,4-8H2,1-3H3,(H,31,34)(H,29,30,35)/t24-/m0/s1. The molecule has 0 bridgehead atoms. The van der Waals surface area contributed by atoms with Gasteiger partial charge in [-0.3, -0.25) is 9.59 Å². The zero-order chi connectivity index (χ0) is 26.3. The molecule has 2 aliphatic carbocycles. The predicted molar refractivity (Wildman–Crippen MR) is 133 cm³/mol. The molecule has 0 radical (unpaired) electrons. The van der Waals surface area contributed by atoms with E-state index >= 15 is 4.39 Å². The van der Waals surface area contributed by atoms with Crippen molar-refractivity contribution in [1.82, 2.24) is 15.5 Å². The molecule has 3 aromatic rings. The largest absolute Gasteiger partial charge is 0.618 e. The smallest absolute Gasteiger partial charge is 0.257 e. The van der Waals surface area contributed by atoms with Crippen molar-refractivity contribution in [2.45, 2.75) is 58.9 Å². The van der Waals surface area contributed by atoms with E-state index in [-0.39, 0.29) is 17.3 Å². The number of nitrogens with zero attached hydrogens (tertiary/aromatic N) is 3. The second-order valence-corrected chi connectivity index (χ2v) is 10.1. The number of halogens is 1. The van der Waals surface area contributed by atoms with Gasteiger partial charge in [0.05, 0.1) is 11.3 Å². The highest BCUT2D eigenvalue weighted by Gasteiger charge is 2.48. The van der Waals surface area contributed by atoms with Crippen LogP contribution in [0.1, 0.15) is 59.9 Å². The number of aryl methyl sites for hydroxylation is 2. The Morgan fingerprint density at radius 2 is 1.89 bits per heavy atom. The summed E-state index contributed by atoms with van der Waals surface area (Å²) in [7, 11) is 0. The van der Waals surface area contributed by atoms with E-state index < -0.39 is 23.8 Å². The van der Waals surface area contributed by atoms with Gasteiger partial charge in [0, 0.05) is 18.1 Å². The van der Waals surface area contributed by atoms with Crippen LogP contribution in [-0.2, 0) is 11.2 Å². The molecule has 0 aliphatic heterocycles. The first-order valence-electron chi connectivity index (χ1n) is 12.7. The summed E-state index contributed by atoms with van der Waals surface area (Å²) >= 11 is 0. The van der Waals surface area contributed by atoms with Crippen molar-refractivity contribution in [3.05, 3.63) is 64.3 Å². The lowest BCUT2D eigenvalue weighted by molar-refractivity contribution is -0.612. The number of rotatable bonds is 9. The minimum absolute atomic E-state index is 0.000417. The molecular formula is C27H30FN5O4. The lowest BCUT2D eigenvalue weighted by Crippen LogP contribution is -2.50. The highest BCUT2D eigenvalue weighted by atomic mass is 19.1. The SMILES string of the molecule is CCc1nocc1C(=O)N[C@H](C(=O)Nc1ccc(-c2cc(C)c[n+]([O-])c2C)c(F)n1)C(C1CC1)C1CC1. The third-order valence-corrected chi connectivity index (χ3v) is 7.31. The van der Waals surface area contributed by atoms with Crippen molar-refractivity contribution in [3.63, 3.8) is 0 Å². The maximum Gasteiger partial charge on any atom is 0.257 e. The highest BCUT2D eigenvalue weighted by Crippen LogP contribution is 2.51. The van der Waals surface area contributed by atoms with Gasteiger partial charge in [0.1, 0.15) is 23.7 Å². The molecular weight excluding hydrogens is 477 g/mol. The van der Waals surface area contributed by atoms with Gasteiger partial charge >= 0.3 is 0 Å². The molecule has 2 aliphatic rings. The topological polar surface area (TPSA) is 124 Å². The maximum absolute atomic E-state index is 15.1. The van der Waals surface area contributed by atoms with Gasteiger partial charge in [0.15, 0.2) is 11.9 Å². The van der Waals surface area contributed by atoms with E-state index in [4.69, 9.17) is 4.52 Å². The van der Waals surface area contributed by atoms with Gasteiger partial charge in [0.2, 0.25) is 11.9 Å². The Hall–Kier alpha value is -3.82. The van der Waals surface area contributed by atoms with Crippen LogP contribution in [0.5, 0.6) is 0 Å². The number of hydrogen-bond acceptors (Lipinski definition) is 6. The van der Waals surface area contributed by atoms with Crippen LogP contribution in [0, 0.1) is 42.8 Å². The van der Waals surface area contributed by atoms with Crippen molar-refractivity contribution in [2.24, 2.45) is 17.8 Å². The van der Waals surface area contributed by atoms with Crippen LogP contribution < -0.4 is 15.4 Å². The number of pyridine rings is 2. The zero-order valence-corrected chi connectivity index (χ0v) is 21.1. The minimum Gasteiger partial charge on any atom is -0.618 e. The van der Waals surface area contributed by atoms with E-state index in [1.807, 2.05) is 6.92 Å². The van der Waals surface area contributed by atoms with Crippen LogP contribution in [0.15, 0.2) is 35.2 Å². The van der Waals surface area contributed by atoms with Crippen LogP contribution >= 0.6 is 0 Å². The molecule has 2 saturated carbocycles. The number of carbonyl (C=O) groups excluding carboxylic acids is 2. The van der Waals surface area contributed by atoms with Crippen LogP contribution in [0.3, 0.4) is 0 Å². The Balaban J connectivity index is 1.39. The number of anilines is 1. The van der Waals surface area contributed by atoms with E-state index in [9.17, 15) is 14.8 Å². The van der Waals surface area contributed by atoms with E-state index in [0.29, 0.717) is 51.1 Å². The third-order valence-electron chi connectivity index (χ3n) is 7.31. The fourth-order valence-electron chi connectivity index (χ4n) is 5.10. The highest BCUT2D eigenvalue weighted by molar-refractivity contribution is 6.01. The van der Waals surface area contributed by atoms with Gasteiger partial charge in [-0.15, -0.1) is 0 Å². The van der Waals surface area contributed by atoms with Crippen molar-refractivity contribution in [2.75, 3.05) is 5.32 Å². The number of carbonyl (C=O) groups is 2. The molecule has 0 saturated heterocycles. The minimum atomic E-state index is -0.801. The molecule has 2 N–H and O–H groups in total. The quantitative estimate of drug-likeness (QED) is 0.257. The molecule has 2 amide bonds. The normalized spacial score (nSPS) is 16.0. The first kappa shape index (κ1) is 24.9. The predicted octanol–water partition coefficient (Wildman–Crippen LogP) is 3.86. The summed E-state index contributed by atoms with van der Waals surface area (Å²) in [4.78, 5) is 30.6. The van der Waals surface area contributed by atoms with Gasteiger partial charge < -0.3 is 20.4 Å². The molecule has 3 heterocycles. The van der Waals surface area contributed by atoms with E-state index in [0.717, 1.165) is 25.7 Å². The Morgan fingerprint density at radius 3 is 2.51 bits per heavy atom. The molecule has 5 rings (SSSR count). The Kier molecular flexibility index (Phi) is 6.66. The first-order chi connectivity index (χ1) is 17.8. The summed E-state index contributed by atoms with van der Waals surface area (Å²) in [5.41, 5.74) is 2.48. The van der Waals surface area contributed by atoms with Crippen molar-refractivity contribution < 1.29 is 23.2 Å². The molecule has 3 aromatic heterocycles. The number of amides is 2. The number of hydrogen-bond donors (Lipinski definition) is 2. The van der Waals surface area contributed by atoms with Gasteiger partial charge in [-0.2, -0.15) is 9.12 Å². The average molecular weight is 508 g/mol. The number of aromatic nitrogens is 3. The second-order valence-electron chi connectivity index (χ2n) is 10.1. The average Bonchev–Trinajstić information content (AvgIpc) is 3.80. The molecule has 194 valence electrons. The third kappa shape index (κ3) is 5.19. The molecule has 0 unspecified atom stereocenters. The summed E-state index contributed by atoms with van der Waals surface area (Å²) in [6, 6.07) is 3.93. The summed E-state index contributed by atoms with van der Waals surface area (Å²) < 4.78 is 20.8. The summed E-state index contributed by atoms with van der Waals surface area (Å²) in [6.45, 7) is 5.24. The summed E-state index contributed by atoms with van der Waals surface area (Å²) in [6.07, 6.45) is 7.31. The van der Waals surface area contributed by atoms with E-state index in [1.54, 1.807) is 19.9 Å². The van der Waals surface area contributed by atoms with Gasteiger partial charge in [-0.05, 0) is 75.0 Å². The zero-order valence-electron chi connectivity index (χ0n) is 21.1. The van der Waals surface area contributed by atoms with Crippen LogP contribution in [0.25, 0.3) is 11.1 Å². The van der Waals surface area contributed by atoms with Crippen molar-refractivity contribution in [1.29, 1.82) is 0 Å². The molecule has 0 spiro atoms. The van der Waals surface area contributed by atoms with Gasteiger partial charge in [-0.1, -0.05) is 12.1 Å². The number of nitrogens with one attached hydrogen (secondary N) is 2. The van der Waals surface area contributed by atoms with Gasteiger partial charge in [0.25, 0.3) is 5.91 Å². The molecule has 2 fully saturated rings. The second kappa shape index (κ2) is 9.91. The first-order valence-corrected chi connectivity index (χ1v) is 12.7. The van der Waals surface area contributed by atoms with Crippen LogP contribution in [0.4, 0.5) is 10.2 Å². The van der Waals surface area contributed by atoms with Crippen LogP contribution in [-0.4, -0.2) is 28.0 Å². The molecule has 37 heavy (non-hydrogen) atoms. The lowest BCUT2D eigenvalue weighted by atomic mass is 9.88. The maximum atomic E-state index is 15.1. The summed E-state index contributed by atoms with van der Waals surface area (Å²) in [5, 5.41) is 21.6. The fraction of sp³-hybridized carbons (Fsp3) is 0.444. The Morgan fingerprint density at radius 1 is 1.19 bits per heavy atom. The van der Waals surface area contributed by atoms with Crippen molar-refractivity contribution in [3.8, 4) is 11.1 Å². The van der Waals surface area contributed by atoms with E-state index in [2.05, 4.69) is 20.8 Å². The van der Waals surface area contributed by atoms with Crippen LogP contribution in [0.2, 0.25) is 0 Å². The van der Waals surface area contributed by atoms with Crippen molar-refractivity contribution >= 4 is 17.6 Å². The molecule has 9 nitrogen and oxygen atoms in total. The monoisotopic (exact) mass is 507 g/mol. The molecule has 10 heteroatoms. The van der Waals surface area contributed by atoms with Gasteiger partial charge in [-0.25, -0.2) is 4.98 Å². The Bertz CT molecular complexity index is 1340. The molecule has 0 aromatic carbocycles. The van der Waals surface area contributed by atoms with E-state index in [1.165, 1.54) is 24.6 Å². The fourth-order valence-corrected chi connectivity index (χ4v) is 5.10.